The first kappa shape index (κ1) is 88.2. The molecule has 4 saturated carbocycles. The molecule has 686 valence electrons. The summed E-state index contributed by atoms with van der Waals surface area (Å²) in [5.41, 5.74) is 4.68. The van der Waals surface area contributed by atoms with Crippen LogP contribution < -0.4 is 64.1 Å². The minimum atomic E-state index is -0.600. The fraction of sp³-hybridized carbons (Fsp3) is 0.356. The number of oxime groups is 4. The summed E-state index contributed by atoms with van der Waals surface area (Å²) in [6.45, 7) is 6.60. The lowest BCUT2D eigenvalue weighted by molar-refractivity contribution is 0.0496. The van der Waals surface area contributed by atoms with E-state index in [-0.39, 0.29) is 105 Å². The van der Waals surface area contributed by atoms with Crippen LogP contribution in [0.5, 0.6) is 24.0 Å². The molecule has 4 N–H and O–H groups in total. The van der Waals surface area contributed by atoms with Gasteiger partial charge in [0.15, 0.2) is 5.88 Å². The first-order valence-corrected chi connectivity index (χ1v) is 46.1. The van der Waals surface area contributed by atoms with Crippen molar-refractivity contribution in [1.82, 2.24) is 49.7 Å². The third-order valence-electron chi connectivity index (χ3n) is 26.2. The third-order valence-corrected chi connectivity index (χ3v) is 26.2. The van der Waals surface area contributed by atoms with Crippen LogP contribution in [0.1, 0.15) is 200 Å². The van der Waals surface area contributed by atoms with Crippen molar-refractivity contribution in [3.63, 3.8) is 0 Å². The maximum absolute atomic E-state index is 13.2. The minimum Gasteiger partial charge on any atom is -0.480 e. The molecule has 1 amide bonds. The molecule has 4 atom stereocenters. The van der Waals surface area contributed by atoms with Gasteiger partial charge in [-0.1, -0.05) is 167 Å². The number of fused-ring (bicyclic) bond motifs is 11. The number of rotatable bonds is 21. The molecule has 33 nitrogen and oxygen atoms in total. The zero-order chi connectivity index (χ0) is 91.9. The Morgan fingerprint density at radius 3 is 1.08 bits per heavy atom. The Morgan fingerprint density at radius 1 is 0.388 bits per heavy atom. The summed E-state index contributed by atoms with van der Waals surface area (Å²) in [7, 11) is 0. The fourth-order valence-electron chi connectivity index (χ4n) is 19.7. The summed E-state index contributed by atoms with van der Waals surface area (Å²) < 4.78 is 32.3. The smallest absolute Gasteiger partial charge is 0.410 e. The topological polar surface area (TPSA) is 432 Å². The average Bonchev–Trinajstić information content (AvgIpc) is 1.71. The van der Waals surface area contributed by atoms with Gasteiger partial charge in [0.2, 0.25) is 22.9 Å². The average molecular weight is 1810 g/mol. The Morgan fingerprint density at radius 2 is 0.716 bits per heavy atom. The lowest BCUT2D eigenvalue weighted by Crippen LogP contribution is -2.47. The number of benzene rings is 6. The number of hydrogen-bond donors (Lipinski definition) is 4. The Hall–Kier alpha value is -15.1. The second kappa shape index (κ2) is 39.6. The van der Waals surface area contributed by atoms with Crippen molar-refractivity contribution in [2.24, 2.45) is 26.5 Å². The molecule has 134 heavy (non-hydrogen) atoms. The van der Waals surface area contributed by atoms with E-state index in [9.17, 15) is 43.2 Å². The summed E-state index contributed by atoms with van der Waals surface area (Å²) in [4.78, 5) is 166. The minimum absolute atomic E-state index is 0.0147. The number of carbonyl (C=O) groups excluding carboxylic acids is 1. The summed E-state index contributed by atoms with van der Waals surface area (Å²) >= 11 is 0. The fourth-order valence-corrected chi connectivity index (χ4v) is 19.7. The Balaban J connectivity index is 0.000000117. The van der Waals surface area contributed by atoms with Crippen LogP contribution in [0.2, 0.25) is 0 Å². The van der Waals surface area contributed by atoms with Gasteiger partial charge in [0.05, 0.1) is 29.5 Å². The number of nitrogens with zero attached hydrogens (tertiary/aromatic N) is 10. The molecule has 22 rings (SSSR count). The highest BCUT2D eigenvalue weighted by molar-refractivity contribution is 5.92. The predicted octanol–water partition coefficient (Wildman–Crippen LogP) is 16.4. The van der Waals surface area contributed by atoms with Crippen molar-refractivity contribution in [2.45, 2.75) is 217 Å². The molecule has 8 aliphatic rings. The lowest BCUT2D eigenvalue weighted by atomic mass is 9.98. The summed E-state index contributed by atoms with van der Waals surface area (Å²) in [6.07, 6.45) is 24.7. The molecule has 14 aromatic rings. The zero-order valence-corrected chi connectivity index (χ0v) is 73.8. The predicted molar refractivity (Wildman–Crippen MR) is 504 cm³/mol. The van der Waals surface area contributed by atoms with E-state index in [1.807, 2.05) is 139 Å². The van der Waals surface area contributed by atoms with Crippen molar-refractivity contribution in [3.8, 4) is 24.0 Å². The van der Waals surface area contributed by atoms with Gasteiger partial charge in [0.1, 0.15) is 27.6 Å². The third kappa shape index (κ3) is 20.2. The highest BCUT2D eigenvalue weighted by Gasteiger charge is 2.45. The van der Waals surface area contributed by atoms with Crippen LogP contribution in [-0.4, -0.2) is 115 Å². The van der Waals surface area contributed by atoms with Gasteiger partial charge in [-0.3, -0.25) is 39.1 Å². The van der Waals surface area contributed by atoms with Crippen LogP contribution in [0.4, 0.5) is 4.79 Å². The molecule has 12 heterocycles. The van der Waals surface area contributed by atoms with Crippen LogP contribution in [0.15, 0.2) is 241 Å². The molecule has 8 fully saturated rings. The standard InChI is InChI=1S/C31H30N4O6.C29H28N4O5.C23H19N3O4.C18H21N3O4/c36-26-15-20(14-19-8-5-7-18-6-1-4-11-25(18)19)27-28(37)32-30(33-29(27)40-26)41-34-21-16-22-12-13-23(17-21)35(22)31(38)39-24-9-2-3-10-24;1-3-36-17(2)33-22-11-12-23(33)16-21(15-22)32-38-29-30-27(35)26-20(14-25(34)37-28(26)31-29)13-19-9-6-8-18-7-4-5-10-24(18)19;27-19-13-16(12-15-8-5-7-14-6-1-4-11-18(14)15)20-21(28)24-23(25-22(20)29-19)30-26-17-9-2-3-10-17;22-14-10-12(9-8-11-6-7-11)15-16(23)19-18(20-17(15)24-14)25-21-13-4-2-1-3-5-13/h1,4-8,11,15,22-24H,2-3,9-10,12-14,16-17H2,(H,32,33,37);4-10,14,22-23H,2-3,11-13,15-16H2,1H3,(H,30,31,35);1,4-8,11,13H,2-3,9-10,12H2,(H,24,25,28);10-11H,1-9H2,(H,19,20,23). The summed E-state index contributed by atoms with van der Waals surface area (Å²) in [5, 5.41) is 24.1. The highest BCUT2D eigenvalue weighted by Crippen LogP contribution is 2.40. The number of aromatic nitrogens is 8. The van der Waals surface area contributed by atoms with Gasteiger partial charge >= 0.3 is 52.6 Å². The first-order valence-electron chi connectivity index (χ1n) is 46.1. The van der Waals surface area contributed by atoms with Gasteiger partial charge in [0.25, 0.3) is 22.2 Å². The van der Waals surface area contributed by atoms with Crippen LogP contribution >= 0.6 is 0 Å². The number of H-pyrrole nitrogens is 4. The largest absolute Gasteiger partial charge is 0.480 e. The molecule has 4 aliphatic carbocycles. The van der Waals surface area contributed by atoms with E-state index < -0.39 is 39.2 Å². The number of ether oxygens (including phenoxy) is 2. The van der Waals surface area contributed by atoms with E-state index in [1.54, 1.807) is 0 Å². The molecular formula is C101H98N14O19. The van der Waals surface area contributed by atoms with Crippen molar-refractivity contribution < 1.29 is 51.3 Å². The van der Waals surface area contributed by atoms with Gasteiger partial charge in [-0.15, -0.1) is 0 Å². The normalized spacial score (nSPS) is 18.0. The number of aryl methyl sites for hydroxylation is 1. The van der Waals surface area contributed by atoms with Crippen LogP contribution in [0.25, 0.3) is 76.7 Å². The van der Waals surface area contributed by atoms with Crippen LogP contribution in [0, 0.1) is 5.92 Å². The number of piperidine rings is 2. The highest BCUT2D eigenvalue weighted by atomic mass is 16.7. The van der Waals surface area contributed by atoms with Crippen LogP contribution in [-0.2, 0) is 35.2 Å². The van der Waals surface area contributed by atoms with Gasteiger partial charge < -0.3 is 56.3 Å². The van der Waals surface area contributed by atoms with E-state index in [0.717, 1.165) is 181 Å². The molecule has 4 aliphatic heterocycles. The molecule has 8 aromatic heterocycles. The molecule has 0 spiro atoms. The van der Waals surface area contributed by atoms with E-state index in [1.165, 1.54) is 43.5 Å². The van der Waals surface area contributed by atoms with Gasteiger partial charge in [-0.05, 0) is 226 Å². The van der Waals surface area contributed by atoms with Gasteiger partial charge in [-0.25, -0.2) is 24.0 Å². The molecule has 4 unspecified atom stereocenters. The monoisotopic (exact) mass is 1810 g/mol. The van der Waals surface area contributed by atoms with Gasteiger partial charge in [-0.2, -0.15) is 19.9 Å². The number of aromatic amines is 4. The summed E-state index contributed by atoms with van der Waals surface area (Å²) in [6, 6.07) is 47.4. The van der Waals surface area contributed by atoms with Crippen molar-refractivity contribution >= 4 is 106 Å². The maximum atomic E-state index is 13.2. The number of nitrogens with one attached hydrogen (secondary N) is 4. The molecule has 0 radical (unpaired) electrons. The molecule has 4 saturated heterocycles. The van der Waals surface area contributed by atoms with Crippen molar-refractivity contribution in [3.05, 3.63) is 286 Å². The van der Waals surface area contributed by atoms with E-state index in [2.05, 4.69) is 72.0 Å². The van der Waals surface area contributed by atoms with Crippen LogP contribution in [0.3, 0.4) is 0 Å². The quantitative estimate of drug-likeness (QED) is 0.0383. The first-order chi connectivity index (χ1) is 65.4. The molecule has 6 aromatic carbocycles. The van der Waals surface area contributed by atoms with E-state index in [0.29, 0.717) is 97.4 Å². The Kier molecular flexibility index (Phi) is 26.0. The van der Waals surface area contributed by atoms with Crippen molar-refractivity contribution in [2.75, 3.05) is 6.61 Å². The lowest BCUT2D eigenvalue weighted by Gasteiger charge is -2.37. The molecule has 33 heteroatoms. The second-order valence-corrected chi connectivity index (χ2v) is 35.3. The second-order valence-electron chi connectivity index (χ2n) is 35.3. The Bertz CT molecular complexity index is 7480. The SMILES string of the molecule is C=C(OCC)N1C2CCC1CC(=NOc1nc3oc(=O)cc(Cc4cccc5ccccc45)c3c(=O)[nH]1)C2.O=C(OC1CCCC1)N1C2CCC1CC(=NOc1nc3oc(=O)cc(Cc4cccc5ccccc45)c3c(=O)[nH]1)C2.O=c1cc(CCC2CC2)c2c(=O)[nH]c(ON=C3CCCCC3)nc2o1.O=c1cc(Cc2cccc3ccccc23)c2c(=O)[nH]c(ON=C3CCCC3)nc2o1. The van der Waals surface area contributed by atoms with E-state index in [4.69, 9.17) is 46.5 Å². The molecular weight excluding hydrogens is 1710 g/mol. The number of carbonyl (C=O) groups is 1. The van der Waals surface area contributed by atoms with Crippen molar-refractivity contribution in [1.29, 1.82) is 0 Å². The van der Waals surface area contributed by atoms with Gasteiger partial charge in [0, 0.05) is 74.1 Å². The summed E-state index contributed by atoms with van der Waals surface area (Å²) in [5.74, 6) is 1.41. The zero-order valence-electron chi connectivity index (χ0n) is 73.8. The number of amides is 1. The van der Waals surface area contributed by atoms with E-state index >= 15 is 0 Å². The maximum Gasteiger partial charge on any atom is 0.410 e. The Labute approximate surface area is 763 Å². The number of hydrogen-bond acceptors (Lipinski definition) is 28. The molecule has 4 bridgehead atoms.